The third-order valence-corrected chi connectivity index (χ3v) is 3.55. The van der Waals surface area contributed by atoms with Gasteiger partial charge in [-0.2, -0.15) is 0 Å². The Bertz CT molecular complexity index is 652. The molecule has 1 unspecified atom stereocenters. The molecule has 156 valence electrons. The van der Waals surface area contributed by atoms with Crippen molar-refractivity contribution in [1.29, 1.82) is 0 Å². The molecule has 8 nitrogen and oxygen atoms in total. The van der Waals surface area contributed by atoms with E-state index in [9.17, 15) is 14.4 Å². The van der Waals surface area contributed by atoms with Gasteiger partial charge in [0, 0.05) is 12.0 Å². The molecular weight excluding hydrogens is 364 g/mol. The number of amides is 1. The number of quaternary nitrogens is 1. The Kier molecular flexibility index (Phi) is 9.44. The van der Waals surface area contributed by atoms with Crippen molar-refractivity contribution >= 4 is 17.8 Å². The van der Waals surface area contributed by atoms with E-state index in [2.05, 4.69) is 5.32 Å². The number of ether oxygens (including phenoxy) is 3. The minimum Gasteiger partial charge on any atom is -0.466 e. The molecule has 0 saturated carbocycles. The van der Waals surface area contributed by atoms with Gasteiger partial charge < -0.3 is 19.5 Å². The van der Waals surface area contributed by atoms with E-state index in [-0.39, 0.29) is 26.1 Å². The first kappa shape index (κ1) is 23.4. The van der Waals surface area contributed by atoms with Gasteiger partial charge in [-0.3, -0.25) is 14.1 Å². The van der Waals surface area contributed by atoms with Gasteiger partial charge in [0.2, 0.25) is 6.73 Å². The highest BCUT2D eigenvalue weighted by Crippen LogP contribution is 2.14. The van der Waals surface area contributed by atoms with Gasteiger partial charge in [0.15, 0.2) is 0 Å². The fraction of sp³-hybridized carbons (Fsp3) is 0.550. The van der Waals surface area contributed by atoms with E-state index in [1.54, 1.807) is 38.1 Å². The summed E-state index contributed by atoms with van der Waals surface area (Å²) < 4.78 is 16.2. The highest BCUT2D eigenvalue weighted by molar-refractivity contribution is 5.97. The predicted octanol–water partition coefficient (Wildman–Crippen LogP) is 1.73. The van der Waals surface area contributed by atoms with Crippen LogP contribution in [0.2, 0.25) is 0 Å². The first-order chi connectivity index (χ1) is 13.2. The van der Waals surface area contributed by atoms with E-state index < -0.39 is 23.9 Å². The molecule has 1 aromatic rings. The van der Waals surface area contributed by atoms with Gasteiger partial charge >= 0.3 is 11.9 Å². The van der Waals surface area contributed by atoms with Crippen LogP contribution in [0.3, 0.4) is 0 Å². The van der Waals surface area contributed by atoms with Crippen LogP contribution in [0.1, 0.15) is 37.0 Å². The van der Waals surface area contributed by atoms with E-state index in [0.29, 0.717) is 22.5 Å². The monoisotopic (exact) mass is 395 g/mol. The maximum Gasteiger partial charge on any atom is 0.328 e. The molecule has 1 N–H and O–H groups in total. The lowest BCUT2D eigenvalue weighted by molar-refractivity contribution is -0.886. The molecule has 0 aliphatic carbocycles. The van der Waals surface area contributed by atoms with Crippen molar-refractivity contribution < 1.29 is 33.1 Å². The standard InChI is InChI=1S/C20H30N2O6/c1-6-26-18(23)13-12-17(20(25)27-7-2)21-19(24)15-8-10-16(11-9-15)28-14-22(3,4)5/h8-11,17H,6-7,12-14H2,1-5H3/p+1. The number of benzene rings is 1. The molecule has 0 aliphatic rings. The molecule has 0 saturated heterocycles. The number of carbonyl (C=O) groups is 3. The average Bonchev–Trinajstić information content (AvgIpc) is 2.63. The second kappa shape index (κ2) is 11.3. The molecule has 0 aliphatic heterocycles. The number of carbonyl (C=O) groups excluding carboxylic acids is 3. The summed E-state index contributed by atoms with van der Waals surface area (Å²) in [4.78, 5) is 36.1. The zero-order chi connectivity index (χ0) is 21.2. The normalized spacial score (nSPS) is 12.0. The summed E-state index contributed by atoms with van der Waals surface area (Å²) in [6.07, 6.45) is 0.115. The summed E-state index contributed by atoms with van der Waals surface area (Å²) in [5.74, 6) is -0.790. The van der Waals surface area contributed by atoms with Crippen LogP contribution in [0.25, 0.3) is 0 Å². The average molecular weight is 395 g/mol. The minimum atomic E-state index is -0.925. The predicted molar refractivity (Wildman–Crippen MR) is 104 cm³/mol. The first-order valence-corrected chi connectivity index (χ1v) is 9.32. The molecular formula is C20H31N2O6+. The fourth-order valence-corrected chi connectivity index (χ4v) is 2.20. The quantitative estimate of drug-likeness (QED) is 0.349. The Balaban J connectivity index is 2.72. The summed E-state index contributed by atoms with van der Waals surface area (Å²) in [6, 6.07) is 5.71. The van der Waals surface area contributed by atoms with Crippen LogP contribution < -0.4 is 10.1 Å². The van der Waals surface area contributed by atoms with Crippen molar-refractivity contribution in [3.63, 3.8) is 0 Å². The van der Waals surface area contributed by atoms with Gasteiger partial charge in [0.05, 0.1) is 34.4 Å². The zero-order valence-electron chi connectivity index (χ0n) is 17.3. The molecule has 0 aromatic heterocycles. The summed E-state index contributed by atoms with van der Waals surface area (Å²) in [5.41, 5.74) is 0.378. The third kappa shape index (κ3) is 8.85. The Morgan fingerprint density at radius 3 is 2.14 bits per heavy atom. The van der Waals surface area contributed by atoms with Crippen molar-refractivity contribution in [1.82, 2.24) is 5.32 Å². The molecule has 8 heteroatoms. The number of esters is 2. The van der Waals surface area contributed by atoms with Crippen LogP contribution in [0, 0.1) is 0 Å². The molecule has 0 spiro atoms. The van der Waals surface area contributed by atoms with Crippen LogP contribution >= 0.6 is 0 Å². The van der Waals surface area contributed by atoms with Crippen molar-refractivity contribution in [3.8, 4) is 5.75 Å². The van der Waals surface area contributed by atoms with Gasteiger partial charge in [-0.25, -0.2) is 4.79 Å². The smallest absolute Gasteiger partial charge is 0.328 e. The van der Waals surface area contributed by atoms with Crippen LogP contribution in [0.15, 0.2) is 24.3 Å². The maximum absolute atomic E-state index is 12.5. The number of hydrogen-bond acceptors (Lipinski definition) is 6. The van der Waals surface area contributed by atoms with Gasteiger partial charge in [-0.15, -0.1) is 0 Å². The fourth-order valence-electron chi connectivity index (χ4n) is 2.20. The Labute approximate surface area is 166 Å². The van der Waals surface area contributed by atoms with Gasteiger partial charge in [0.1, 0.15) is 11.8 Å². The largest absolute Gasteiger partial charge is 0.466 e. The van der Waals surface area contributed by atoms with Crippen LogP contribution in [-0.4, -0.2) is 69.5 Å². The summed E-state index contributed by atoms with van der Waals surface area (Å²) in [6.45, 7) is 4.32. The lowest BCUT2D eigenvalue weighted by Gasteiger charge is -2.23. The van der Waals surface area contributed by atoms with Gasteiger partial charge in [-0.05, 0) is 44.5 Å². The number of hydrogen-bond donors (Lipinski definition) is 1. The van der Waals surface area contributed by atoms with Crippen molar-refractivity contribution in [3.05, 3.63) is 29.8 Å². The number of nitrogens with one attached hydrogen (secondary N) is 1. The van der Waals surface area contributed by atoms with E-state index >= 15 is 0 Å². The molecule has 1 rings (SSSR count). The second-order valence-electron chi connectivity index (χ2n) is 7.21. The topological polar surface area (TPSA) is 90.9 Å². The van der Waals surface area contributed by atoms with E-state index in [1.165, 1.54) is 0 Å². The summed E-state index contributed by atoms with van der Waals surface area (Å²) >= 11 is 0. The Hall–Kier alpha value is -2.61. The first-order valence-electron chi connectivity index (χ1n) is 9.32. The van der Waals surface area contributed by atoms with Crippen molar-refractivity contribution in [2.24, 2.45) is 0 Å². The lowest BCUT2D eigenvalue weighted by atomic mass is 10.1. The summed E-state index contributed by atoms with van der Waals surface area (Å²) in [5, 5.41) is 2.63. The van der Waals surface area contributed by atoms with Gasteiger partial charge in [0.25, 0.3) is 5.91 Å². The molecule has 0 bridgehead atoms. The molecule has 1 aromatic carbocycles. The van der Waals surface area contributed by atoms with Gasteiger partial charge in [-0.1, -0.05) is 0 Å². The van der Waals surface area contributed by atoms with Crippen molar-refractivity contribution in [2.45, 2.75) is 32.7 Å². The molecule has 0 fully saturated rings. The minimum absolute atomic E-state index is 0.00936. The third-order valence-electron chi connectivity index (χ3n) is 3.55. The lowest BCUT2D eigenvalue weighted by Crippen LogP contribution is -2.42. The Morgan fingerprint density at radius 1 is 1.00 bits per heavy atom. The second-order valence-corrected chi connectivity index (χ2v) is 7.21. The molecule has 0 radical (unpaired) electrons. The van der Waals surface area contributed by atoms with E-state index in [1.807, 2.05) is 21.1 Å². The molecule has 1 amide bonds. The van der Waals surface area contributed by atoms with Crippen molar-refractivity contribution in [2.75, 3.05) is 41.1 Å². The summed E-state index contributed by atoms with van der Waals surface area (Å²) in [7, 11) is 6.02. The number of rotatable bonds is 11. The zero-order valence-corrected chi connectivity index (χ0v) is 17.3. The number of nitrogens with zero attached hydrogens (tertiary/aromatic N) is 1. The van der Waals surface area contributed by atoms with E-state index in [0.717, 1.165) is 0 Å². The Morgan fingerprint density at radius 2 is 1.61 bits per heavy atom. The molecule has 28 heavy (non-hydrogen) atoms. The molecule has 1 atom stereocenters. The highest BCUT2D eigenvalue weighted by atomic mass is 16.5. The van der Waals surface area contributed by atoms with E-state index in [4.69, 9.17) is 14.2 Å². The van der Waals surface area contributed by atoms with Crippen LogP contribution in [0.4, 0.5) is 0 Å². The van der Waals surface area contributed by atoms with Crippen LogP contribution in [0.5, 0.6) is 5.75 Å². The SMILES string of the molecule is CCOC(=O)CCC(NC(=O)c1ccc(OC[N+](C)(C)C)cc1)C(=O)OCC. The van der Waals surface area contributed by atoms with Crippen LogP contribution in [-0.2, 0) is 19.1 Å². The highest BCUT2D eigenvalue weighted by Gasteiger charge is 2.24. The maximum atomic E-state index is 12.5. The molecule has 0 heterocycles.